The van der Waals surface area contributed by atoms with Crippen molar-refractivity contribution in [3.05, 3.63) is 66.6 Å². The highest BCUT2D eigenvalue weighted by Crippen LogP contribution is 2.25. The summed E-state index contributed by atoms with van der Waals surface area (Å²) in [4.78, 5) is 31.0. The van der Waals surface area contributed by atoms with Gasteiger partial charge in [-0.1, -0.05) is 18.2 Å². The van der Waals surface area contributed by atoms with Crippen LogP contribution in [0.3, 0.4) is 0 Å². The molecular formula is C25H27N5O3. The predicted octanol–water partition coefficient (Wildman–Crippen LogP) is 4.02. The molecule has 8 nitrogen and oxygen atoms in total. The minimum atomic E-state index is -0.305. The Morgan fingerprint density at radius 3 is 2.67 bits per heavy atom. The molecule has 3 aromatic rings. The number of carbonyl (C=O) groups excluding carboxylic acids is 2. The molecule has 0 spiro atoms. The van der Waals surface area contributed by atoms with E-state index in [1.54, 1.807) is 6.20 Å². The number of carbonyl (C=O) groups is 2. The van der Waals surface area contributed by atoms with Gasteiger partial charge in [0.1, 0.15) is 5.65 Å². The second-order valence-electron chi connectivity index (χ2n) is 8.52. The number of ether oxygens (including phenoxy) is 1. The molecule has 4 heterocycles. The molecule has 1 unspecified atom stereocenters. The largest absolute Gasteiger partial charge is 0.381 e. The van der Waals surface area contributed by atoms with Crippen molar-refractivity contribution in [1.82, 2.24) is 14.3 Å². The van der Waals surface area contributed by atoms with Gasteiger partial charge in [0.25, 0.3) is 0 Å². The van der Waals surface area contributed by atoms with Gasteiger partial charge in [-0.05, 0) is 54.2 Å². The summed E-state index contributed by atoms with van der Waals surface area (Å²) in [7, 11) is 0. The van der Waals surface area contributed by atoms with Crippen molar-refractivity contribution < 1.29 is 14.3 Å². The second-order valence-corrected chi connectivity index (χ2v) is 8.52. The molecule has 1 aromatic carbocycles. The van der Waals surface area contributed by atoms with Crippen LogP contribution in [0.5, 0.6) is 0 Å². The summed E-state index contributed by atoms with van der Waals surface area (Å²) < 4.78 is 7.23. The van der Waals surface area contributed by atoms with Crippen LogP contribution in [0, 0.1) is 5.92 Å². The lowest BCUT2D eigenvalue weighted by Crippen LogP contribution is -2.35. The van der Waals surface area contributed by atoms with Crippen molar-refractivity contribution in [2.75, 3.05) is 36.9 Å². The summed E-state index contributed by atoms with van der Waals surface area (Å²) >= 11 is 0. The Morgan fingerprint density at radius 1 is 1.09 bits per heavy atom. The third-order valence-electron chi connectivity index (χ3n) is 6.21. The monoisotopic (exact) mass is 445 g/mol. The normalized spacial score (nSPS) is 18.2. The molecule has 33 heavy (non-hydrogen) atoms. The Hall–Kier alpha value is -3.65. The van der Waals surface area contributed by atoms with E-state index in [4.69, 9.17) is 4.74 Å². The molecule has 2 N–H and O–H groups in total. The maximum Gasteiger partial charge on any atom is 0.323 e. The summed E-state index contributed by atoms with van der Waals surface area (Å²) in [5.41, 5.74) is 4.56. The smallest absolute Gasteiger partial charge is 0.323 e. The number of amides is 3. The first-order chi connectivity index (χ1) is 16.1. The standard InChI is InChI=1S/C25H27N5O3/c31-24(15-18-9-14-33-17-18)29-11-7-20(8-12-29)19-1-3-21(4-2-19)27-25(32)28-22-5-6-23-26-10-13-30(23)16-22/h1-7,10,13,16,18H,8-9,11-12,14-15,17H2,(H2,27,28,32). The lowest BCUT2D eigenvalue weighted by atomic mass is 9.98. The lowest BCUT2D eigenvalue weighted by Gasteiger charge is -2.27. The van der Waals surface area contributed by atoms with Crippen LogP contribution >= 0.6 is 0 Å². The fourth-order valence-corrected chi connectivity index (χ4v) is 4.33. The van der Waals surface area contributed by atoms with Gasteiger partial charge in [0, 0.05) is 57.0 Å². The highest BCUT2D eigenvalue weighted by Gasteiger charge is 2.24. The van der Waals surface area contributed by atoms with Crippen LogP contribution < -0.4 is 10.6 Å². The number of hydrogen-bond donors (Lipinski definition) is 2. The van der Waals surface area contributed by atoms with Crippen LogP contribution in [-0.4, -0.2) is 52.5 Å². The molecule has 1 atom stereocenters. The number of benzene rings is 1. The zero-order valence-corrected chi connectivity index (χ0v) is 18.4. The average molecular weight is 446 g/mol. The number of hydrogen-bond acceptors (Lipinski definition) is 4. The van der Waals surface area contributed by atoms with E-state index in [0.717, 1.165) is 37.2 Å². The molecular weight excluding hydrogens is 418 g/mol. The van der Waals surface area contributed by atoms with E-state index in [0.29, 0.717) is 36.9 Å². The fourth-order valence-electron chi connectivity index (χ4n) is 4.33. The first kappa shape index (κ1) is 21.2. The molecule has 1 saturated heterocycles. The lowest BCUT2D eigenvalue weighted by molar-refractivity contribution is -0.131. The molecule has 5 rings (SSSR count). The molecule has 170 valence electrons. The zero-order chi connectivity index (χ0) is 22.6. The first-order valence-corrected chi connectivity index (χ1v) is 11.3. The van der Waals surface area contributed by atoms with Gasteiger partial charge in [-0.2, -0.15) is 0 Å². The number of fused-ring (bicyclic) bond motifs is 1. The molecule has 3 amide bonds. The predicted molar refractivity (Wildman–Crippen MR) is 127 cm³/mol. The number of pyridine rings is 1. The van der Waals surface area contributed by atoms with Crippen LogP contribution in [0.2, 0.25) is 0 Å². The quantitative estimate of drug-likeness (QED) is 0.621. The van der Waals surface area contributed by atoms with E-state index in [2.05, 4.69) is 21.7 Å². The number of aromatic nitrogens is 2. The summed E-state index contributed by atoms with van der Waals surface area (Å²) in [6.07, 6.45) is 9.89. The van der Waals surface area contributed by atoms with E-state index in [1.807, 2.05) is 58.1 Å². The minimum Gasteiger partial charge on any atom is -0.381 e. The summed E-state index contributed by atoms with van der Waals surface area (Å²) in [6.45, 7) is 2.86. The van der Waals surface area contributed by atoms with Crippen molar-refractivity contribution in [3.63, 3.8) is 0 Å². The van der Waals surface area contributed by atoms with Gasteiger partial charge in [0.15, 0.2) is 0 Å². The molecule has 0 aliphatic carbocycles. The van der Waals surface area contributed by atoms with E-state index >= 15 is 0 Å². The number of anilines is 2. The molecule has 0 bridgehead atoms. The number of nitrogens with one attached hydrogen (secondary N) is 2. The third kappa shape index (κ3) is 5.06. The van der Waals surface area contributed by atoms with Crippen molar-refractivity contribution in [2.24, 2.45) is 5.92 Å². The van der Waals surface area contributed by atoms with Gasteiger partial charge in [-0.15, -0.1) is 0 Å². The summed E-state index contributed by atoms with van der Waals surface area (Å²) in [6, 6.07) is 11.2. The SMILES string of the molecule is O=C(Nc1ccc(C2=CCN(C(=O)CC3CCOC3)CC2)cc1)Nc1ccc2nccn2c1. The zero-order valence-electron chi connectivity index (χ0n) is 18.4. The number of rotatable bonds is 5. The Balaban J connectivity index is 1.14. The number of nitrogens with zero attached hydrogens (tertiary/aromatic N) is 3. The van der Waals surface area contributed by atoms with Gasteiger partial charge >= 0.3 is 6.03 Å². The highest BCUT2D eigenvalue weighted by molar-refractivity contribution is 5.99. The van der Waals surface area contributed by atoms with Gasteiger partial charge in [-0.3, -0.25) is 4.79 Å². The van der Waals surface area contributed by atoms with Crippen molar-refractivity contribution >= 4 is 34.5 Å². The van der Waals surface area contributed by atoms with Crippen LogP contribution in [0.25, 0.3) is 11.2 Å². The first-order valence-electron chi connectivity index (χ1n) is 11.3. The number of urea groups is 1. The summed E-state index contributed by atoms with van der Waals surface area (Å²) in [5, 5.41) is 5.70. The molecule has 8 heteroatoms. The molecule has 2 aliphatic heterocycles. The summed E-state index contributed by atoms with van der Waals surface area (Å²) in [5.74, 6) is 0.590. The van der Waals surface area contributed by atoms with E-state index < -0.39 is 0 Å². The van der Waals surface area contributed by atoms with Crippen molar-refractivity contribution in [2.45, 2.75) is 19.3 Å². The Kier molecular flexibility index (Phi) is 6.08. The van der Waals surface area contributed by atoms with Crippen LogP contribution in [0.4, 0.5) is 16.2 Å². The second kappa shape index (κ2) is 9.46. The maximum atomic E-state index is 12.5. The van der Waals surface area contributed by atoms with Crippen molar-refractivity contribution in [3.8, 4) is 0 Å². The molecule has 1 fully saturated rings. The minimum absolute atomic E-state index is 0.221. The molecule has 2 aromatic heterocycles. The highest BCUT2D eigenvalue weighted by atomic mass is 16.5. The Labute approximate surface area is 192 Å². The van der Waals surface area contributed by atoms with Gasteiger partial charge in [0.2, 0.25) is 5.91 Å². The third-order valence-corrected chi connectivity index (χ3v) is 6.21. The molecule has 2 aliphatic rings. The molecule has 0 saturated carbocycles. The van der Waals surface area contributed by atoms with E-state index in [1.165, 1.54) is 5.57 Å². The molecule has 0 radical (unpaired) electrons. The Bertz CT molecular complexity index is 1180. The van der Waals surface area contributed by atoms with Crippen molar-refractivity contribution in [1.29, 1.82) is 0 Å². The van der Waals surface area contributed by atoms with E-state index in [-0.39, 0.29) is 11.9 Å². The fraction of sp³-hybridized carbons (Fsp3) is 0.320. The van der Waals surface area contributed by atoms with Crippen LogP contribution in [-0.2, 0) is 9.53 Å². The average Bonchev–Trinajstić information content (AvgIpc) is 3.51. The van der Waals surface area contributed by atoms with Crippen LogP contribution in [0.15, 0.2) is 61.1 Å². The van der Waals surface area contributed by atoms with Gasteiger partial charge in [-0.25, -0.2) is 9.78 Å². The Morgan fingerprint density at radius 2 is 1.91 bits per heavy atom. The van der Waals surface area contributed by atoms with E-state index in [9.17, 15) is 9.59 Å². The maximum absolute atomic E-state index is 12.5. The topological polar surface area (TPSA) is 88.0 Å². The van der Waals surface area contributed by atoms with Gasteiger partial charge < -0.3 is 24.7 Å². The van der Waals surface area contributed by atoms with Crippen LogP contribution in [0.1, 0.15) is 24.8 Å². The number of imidazole rings is 1. The van der Waals surface area contributed by atoms with Gasteiger partial charge in [0.05, 0.1) is 5.69 Å².